The topological polar surface area (TPSA) is 56.8 Å². The number of hydrogen-bond donors (Lipinski definition) is 1. The highest BCUT2D eigenvalue weighted by Gasteiger charge is 2.05. The standard InChI is InChI=1S/C21H25NO4/c1-4-25-18-9-7-6-8-17(18)15-22-21(23)13-11-16-10-12-19(24-3)20(14-16)26-5-2/h6-14H,4-5,15H2,1-3H3,(H,22,23)/b13-11+. The number of hydrogen-bond acceptors (Lipinski definition) is 4. The molecule has 5 nitrogen and oxygen atoms in total. The summed E-state index contributed by atoms with van der Waals surface area (Å²) in [5.41, 5.74) is 1.80. The van der Waals surface area contributed by atoms with Crippen LogP contribution in [0.25, 0.3) is 6.08 Å². The van der Waals surface area contributed by atoms with Gasteiger partial charge in [-0.1, -0.05) is 24.3 Å². The van der Waals surface area contributed by atoms with Gasteiger partial charge in [-0.15, -0.1) is 0 Å². The minimum absolute atomic E-state index is 0.176. The van der Waals surface area contributed by atoms with Gasteiger partial charge in [0.25, 0.3) is 0 Å². The van der Waals surface area contributed by atoms with E-state index in [0.717, 1.165) is 16.9 Å². The maximum absolute atomic E-state index is 12.1. The largest absolute Gasteiger partial charge is 0.494 e. The normalized spacial score (nSPS) is 10.6. The van der Waals surface area contributed by atoms with Crippen molar-refractivity contribution < 1.29 is 19.0 Å². The van der Waals surface area contributed by atoms with Crippen molar-refractivity contribution in [1.82, 2.24) is 5.32 Å². The van der Waals surface area contributed by atoms with Gasteiger partial charge in [0.05, 0.1) is 20.3 Å². The fraction of sp³-hybridized carbons (Fsp3) is 0.286. The first-order valence-electron chi connectivity index (χ1n) is 8.65. The van der Waals surface area contributed by atoms with Gasteiger partial charge in [0.2, 0.25) is 5.91 Å². The number of ether oxygens (including phenoxy) is 3. The lowest BCUT2D eigenvalue weighted by Crippen LogP contribution is -2.20. The van der Waals surface area contributed by atoms with E-state index in [1.165, 1.54) is 6.08 Å². The maximum Gasteiger partial charge on any atom is 0.244 e. The van der Waals surface area contributed by atoms with Crippen LogP contribution in [-0.4, -0.2) is 26.2 Å². The zero-order chi connectivity index (χ0) is 18.8. The predicted octanol–water partition coefficient (Wildman–Crippen LogP) is 3.82. The van der Waals surface area contributed by atoms with Crippen LogP contribution in [0.5, 0.6) is 17.2 Å². The molecule has 5 heteroatoms. The van der Waals surface area contributed by atoms with Crippen molar-refractivity contribution in [2.75, 3.05) is 20.3 Å². The van der Waals surface area contributed by atoms with E-state index in [0.29, 0.717) is 31.3 Å². The molecule has 0 radical (unpaired) electrons. The zero-order valence-corrected chi connectivity index (χ0v) is 15.5. The second kappa shape index (κ2) is 10.1. The van der Waals surface area contributed by atoms with E-state index in [2.05, 4.69) is 5.32 Å². The number of benzene rings is 2. The second-order valence-corrected chi connectivity index (χ2v) is 5.44. The van der Waals surface area contributed by atoms with Crippen molar-refractivity contribution in [1.29, 1.82) is 0 Å². The number of carbonyl (C=O) groups is 1. The van der Waals surface area contributed by atoms with Crippen molar-refractivity contribution in [3.8, 4) is 17.2 Å². The lowest BCUT2D eigenvalue weighted by molar-refractivity contribution is -0.116. The minimum atomic E-state index is -0.176. The molecule has 1 N–H and O–H groups in total. The summed E-state index contributed by atoms with van der Waals surface area (Å²) in [6, 6.07) is 13.2. The maximum atomic E-state index is 12.1. The Labute approximate surface area is 154 Å². The molecule has 0 bridgehead atoms. The third-order valence-corrected chi connectivity index (χ3v) is 3.64. The van der Waals surface area contributed by atoms with Gasteiger partial charge in [-0.05, 0) is 43.7 Å². The van der Waals surface area contributed by atoms with Crippen LogP contribution >= 0.6 is 0 Å². The van der Waals surface area contributed by atoms with Crippen LogP contribution in [-0.2, 0) is 11.3 Å². The van der Waals surface area contributed by atoms with Crippen molar-refractivity contribution >= 4 is 12.0 Å². The summed E-state index contributed by atoms with van der Waals surface area (Å²) >= 11 is 0. The molecule has 0 aromatic heterocycles. The molecule has 0 aliphatic carbocycles. The molecule has 0 aliphatic rings. The highest BCUT2D eigenvalue weighted by Crippen LogP contribution is 2.28. The molecular weight excluding hydrogens is 330 g/mol. The zero-order valence-electron chi connectivity index (χ0n) is 15.5. The van der Waals surface area contributed by atoms with E-state index in [4.69, 9.17) is 14.2 Å². The monoisotopic (exact) mass is 355 g/mol. The van der Waals surface area contributed by atoms with Crippen LogP contribution in [0.1, 0.15) is 25.0 Å². The summed E-state index contributed by atoms with van der Waals surface area (Å²) in [4.78, 5) is 12.1. The Kier molecular flexibility index (Phi) is 7.55. The van der Waals surface area contributed by atoms with Gasteiger partial charge in [-0.2, -0.15) is 0 Å². The smallest absolute Gasteiger partial charge is 0.244 e. The van der Waals surface area contributed by atoms with Gasteiger partial charge in [0.1, 0.15) is 5.75 Å². The Morgan fingerprint density at radius 2 is 1.73 bits per heavy atom. The van der Waals surface area contributed by atoms with Crippen LogP contribution < -0.4 is 19.5 Å². The van der Waals surface area contributed by atoms with E-state index < -0.39 is 0 Å². The average molecular weight is 355 g/mol. The molecular formula is C21H25NO4. The Bertz CT molecular complexity index is 755. The molecule has 0 aliphatic heterocycles. The number of amides is 1. The SMILES string of the molecule is CCOc1ccccc1CNC(=O)/C=C/c1ccc(OC)c(OCC)c1. The van der Waals surface area contributed by atoms with Gasteiger partial charge in [-0.25, -0.2) is 0 Å². The van der Waals surface area contributed by atoms with Gasteiger partial charge in [0.15, 0.2) is 11.5 Å². The summed E-state index contributed by atoms with van der Waals surface area (Å²) in [5.74, 6) is 1.94. The molecule has 1 amide bonds. The molecule has 0 saturated heterocycles. The van der Waals surface area contributed by atoms with Crippen LogP contribution in [0.2, 0.25) is 0 Å². The minimum Gasteiger partial charge on any atom is -0.494 e. The molecule has 26 heavy (non-hydrogen) atoms. The number of para-hydroxylation sites is 1. The quantitative estimate of drug-likeness (QED) is 0.695. The molecule has 2 aromatic carbocycles. The number of nitrogens with one attached hydrogen (secondary N) is 1. The van der Waals surface area contributed by atoms with Gasteiger partial charge >= 0.3 is 0 Å². The van der Waals surface area contributed by atoms with Crippen LogP contribution in [0.4, 0.5) is 0 Å². The fourth-order valence-corrected chi connectivity index (χ4v) is 2.42. The van der Waals surface area contributed by atoms with Crippen molar-refractivity contribution in [3.63, 3.8) is 0 Å². The van der Waals surface area contributed by atoms with Crippen LogP contribution in [0.15, 0.2) is 48.5 Å². The van der Waals surface area contributed by atoms with Crippen molar-refractivity contribution in [3.05, 3.63) is 59.7 Å². The third-order valence-electron chi connectivity index (χ3n) is 3.64. The molecule has 0 atom stereocenters. The number of rotatable bonds is 9. The summed E-state index contributed by atoms with van der Waals surface area (Å²) in [6.45, 7) is 5.39. The molecule has 0 saturated carbocycles. The first kappa shape index (κ1) is 19.4. The molecule has 2 rings (SSSR count). The Hall–Kier alpha value is -2.95. The molecule has 0 unspecified atom stereocenters. The van der Waals surface area contributed by atoms with E-state index in [-0.39, 0.29) is 5.91 Å². The average Bonchev–Trinajstić information content (AvgIpc) is 2.66. The molecule has 2 aromatic rings. The Morgan fingerprint density at radius 3 is 2.46 bits per heavy atom. The van der Waals surface area contributed by atoms with Gasteiger partial charge in [-0.3, -0.25) is 4.79 Å². The van der Waals surface area contributed by atoms with Crippen molar-refractivity contribution in [2.24, 2.45) is 0 Å². The first-order chi connectivity index (χ1) is 12.7. The van der Waals surface area contributed by atoms with E-state index in [9.17, 15) is 4.79 Å². The predicted molar refractivity (Wildman–Crippen MR) is 103 cm³/mol. The first-order valence-corrected chi connectivity index (χ1v) is 8.65. The number of methoxy groups -OCH3 is 1. The van der Waals surface area contributed by atoms with Crippen molar-refractivity contribution in [2.45, 2.75) is 20.4 Å². The van der Waals surface area contributed by atoms with E-state index in [1.807, 2.05) is 56.3 Å². The lowest BCUT2D eigenvalue weighted by atomic mass is 10.1. The van der Waals surface area contributed by atoms with Gasteiger partial charge < -0.3 is 19.5 Å². The summed E-state index contributed by atoms with van der Waals surface area (Å²) in [5, 5.41) is 2.87. The molecule has 138 valence electrons. The highest BCUT2D eigenvalue weighted by atomic mass is 16.5. The van der Waals surface area contributed by atoms with E-state index >= 15 is 0 Å². The lowest BCUT2D eigenvalue weighted by Gasteiger charge is -2.10. The van der Waals surface area contributed by atoms with Crippen LogP contribution in [0, 0.1) is 0 Å². The summed E-state index contributed by atoms with van der Waals surface area (Å²) < 4.78 is 16.4. The second-order valence-electron chi connectivity index (χ2n) is 5.44. The molecule has 0 spiro atoms. The highest BCUT2D eigenvalue weighted by molar-refractivity contribution is 5.91. The molecule has 0 heterocycles. The van der Waals surface area contributed by atoms with Gasteiger partial charge in [0, 0.05) is 18.2 Å². The fourth-order valence-electron chi connectivity index (χ4n) is 2.42. The third kappa shape index (κ3) is 5.55. The van der Waals surface area contributed by atoms with Crippen LogP contribution in [0.3, 0.4) is 0 Å². The summed E-state index contributed by atoms with van der Waals surface area (Å²) in [7, 11) is 1.60. The Balaban J connectivity index is 1.98. The molecule has 0 fully saturated rings. The summed E-state index contributed by atoms with van der Waals surface area (Å²) in [6.07, 6.45) is 3.24. The van der Waals surface area contributed by atoms with E-state index in [1.54, 1.807) is 13.2 Å². The number of carbonyl (C=O) groups excluding carboxylic acids is 1. The Morgan fingerprint density at radius 1 is 1.00 bits per heavy atom.